The van der Waals surface area contributed by atoms with Crippen LogP contribution in [0.4, 0.5) is 4.39 Å². The minimum absolute atomic E-state index is 0.131. The van der Waals surface area contributed by atoms with E-state index in [0.29, 0.717) is 12.3 Å². The highest BCUT2D eigenvalue weighted by Gasteiger charge is 2.63. The van der Waals surface area contributed by atoms with Gasteiger partial charge in [0.1, 0.15) is 6.17 Å². The molecule has 0 aliphatic heterocycles. The summed E-state index contributed by atoms with van der Waals surface area (Å²) in [4.78, 5) is 0. The Morgan fingerprint density at radius 3 is 2.73 bits per heavy atom. The molecule has 3 unspecified atom stereocenters. The van der Waals surface area contributed by atoms with Crippen LogP contribution in [-0.2, 0) is 0 Å². The molecule has 22 heavy (non-hydrogen) atoms. The third-order valence-electron chi connectivity index (χ3n) is 7.98. The summed E-state index contributed by atoms with van der Waals surface area (Å²) in [6.07, 6.45) is 6.74. The van der Waals surface area contributed by atoms with E-state index in [1.165, 1.54) is 18.4 Å². The molecule has 0 aromatic heterocycles. The molecule has 0 spiro atoms. The highest BCUT2D eigenvalue weighted by Crippen LogP contribution is 2.65. The van der Waals surface area contributed by atoms with Crippen molar-refractivity contribution in [1.29, 1.82) is 0 Å². The zero-order valence-corrected chi connectivity index (χ0v) is 13.8. The molecule has 0 aromatic rings. The van der Waals surface area contributed by atoms with E-state index in [2.05, 4.69) is 19.9 Å². The van der Waals surface area contributed by atoms with Gasteiger partial charge in [-0.1, -0.05) is 25.5 Å². The lowest BCUT2D eigenvalue weighted by molar-refractivity contribution is -0.121. The van der Waals surface area contributed by atoms with E-state index in [4.69, 9.17) is 0 Å². The summed E-state index contributed by atoms with van der Waals surface area (Å²) in [5.74, 6) is 0.749. The van der Waals surface area contributed by atoms with E-state index >= 15 is 0 Å². The zero-order chi connectivity index (χ0) is 15.7. The summed E-state index contributed by atoms with van der Waals surface area (Å²) in [5, 5.41) is 21.2. The van der Waals surface area contributed by atoms with Crippen molar-refractivity contribution in [2.24, 2.45) is 28.6 Å². The third kappa shape index (κ3) is 1.78. The van der Waals surface area contributed by atoms with Crippen LogP contribution in [0, 0.1) is 28.6 Å². The monoisotopic (exact) mass is 308 g/mol. The molecule has 0 saturated heterocycles. The van der Waals surface area contributed by atoms with Gasteiger partial charge in [-0.25, -0.2) is 4.39 Å². The predicted molar refractivity (Wildman–Crippen MR) is 84.0 cm³/mol. The van der Waals surface area contributed by atoms with Gasteiger partial charge in [0.05, 0.1) is 12.2 Å². The number of halogens is 1. The highest BCUT2D eigenvalue weighted by atomic mass is 19.1. The first kappa shape index (κ1) is 15.1. The van der Waals surface area contributed by atoms with Crippen molar-refractivity contribution in [2.45, 2.75) is 77.2 Å². The summed E-state index contributed by atoms with van der Waals surface area (Å²) < 4.78 is 14.2. The summed E-state index contributed by atoms with van der Waals surface area (Å²) in [7, 11) is 0. The number of aliphatic hydroxyl groups excluding tert-OH is 2. The Hall–Kier alpha value is -0.410. The number of rotatable bonds is 0. The Kier molecular flexibility index (Phi) is 3.30. The van der Waals surface area contributed by atoms with Crippen LogP contribution in [0.1, 0.15) is 58.8 Å². The van der Waals surface area contributed by atoms with Gasteiger partial charge in [0.25, 0.3) is 0 Å². The number of hydrogen-bond acceptors (Lipinski definition) is 2. The maximum atomic E-state index is 14.2. The van der Waals surface area contributed by atoms with Crippen molar-refractivity contribution < 1.29 is 14.6 Å². The van der Waals surface area contributed by atoms with E-state index in [1.54, 1.807) is 0 Å². The first-order valence-electron chi connectivity index (χ1n) is 9.07. The van der Waals surface area contributed by atoms with Crippen LogP contribution in [0.2, 0.25) is 0 Å². The quantitative estimate of drug-likeness (QED) is 0.671. The molecule has 0 bridgehead atoms. The maximum Gasteiger partial charge on any atom is 0.127 e. The molecule has 4 rings (SSSR count). The van der Waals surface area contributed by atoms with Gasteiger partial charge in [-0.15, -0.1) is 0 Å². The van der Waals surface area contributed by atoms with E-state index in [9.17, 15) is 14.6 Å². The molecule has 4 aliphatic carbocycles. The first-order valence-corrected chi connectivity index (χ1v) is 9.07. The third-order valence-corrected chi connectivity index (χ3v) is 7.98. The average molecular weight is 308 g/mol. The van der Waals surface area contributed by atoms with Crippen molar-refractivity contribution in [3.05, 3.63) is 11.6 Å². The van der Waals surface area contributed by atoms with Gasteiger partial charge in [-0.2, -0.15) is 0 Å². The topological polar surface area (TPSA) is 40.5 Å². The normalized spacial score (nSPS) is 57.6. The van der Waals surface area contributed by atoms with E-state index in [-0.39, 0.29) is 28.8 Å². The van der Waals surface area contributed by atoms with Crippen molar-refractivity contribution in [3.8, 4) is 0 Å². The molecule has 3 heteroatoms. The SMILES string of the molecule is C[C@]12CCCC=C1CC(O)[C@@H]1[C@H]2CC[C@]2(C)C(O)C(F)C[C@@H]12. The summed E-state index contributed by atoms with van der Waals surface area (Å²) in [5.41, 5.74) is 1.31. The van der Waals surface area contributed by atoms with Gasteiger partial charge < -0.3 is 10.2 Å². The summed E-state index contributed by atoms with van der Waals surface area (Å²) >= 11 is 0. The molecule has 4 aliphatic rings. The van der Waals surface area contributed by atoms with Crippen molar-refractivity contribution in [3.63, 3.8) is 0 Å². The Morgan fingerprint density at radius 1 is 1.18 bits per heavy atom. The molecule has 0 radical (unpaired) electrons. The van der Waals surface area contributed by atoms with Crippen molar-refractivity contribution >= 4 is 0 Å². The fourth-order valence-corrected chi connectivity index (χ4v) is 6.66. The Morgan fingerprint density at radius 2 is 1.95 bits per heavy atom. The van der Waals surface area contributed by atoms with Crippen LogP contribution < -0.4 is 0 Å². The Bertz CT molecular complexity index is 504. The number of allylic oxidation sites excluding steroid dienone is 1. The van der Waals surface area contributed by atoms with Crippen LogP contribution in [0.5, 0.6) is 0 Å². The molecule has 124 valence electrons. The fourth-order valence-electron chi connectivity index (χ4n) is 6.66. The molecule has 3 fully saturated rings. The van der Waals surface area contributed by atoms with Crippen LogP contribution in [-0.4, -0.2) is 28.6 Å². The molecule has 2 N–H and O–H groups in total. The zero-order valence-electron chi connectivity index (χ0n) is 13.8. The number of aliphatic hydroxyl groups is 2. The van der Waals surface area contributed by atoms with Gasteiger partial charge in [0.15, 0.2) is 0 Å². The molecule has 0 heterocycles. The molecule has 3 saturated carbocycles. The molecule has 0 amide bonds. The summed E-state index contributed by atoms with van der Waals surface area (Å²) in [6.45, 7) is 4.43. The highest BCUT2D eigenvalue weighted by molar-refractivity contribution is 5.26. The van der Waals surface area contributed by atoms with Crippen LogP contribution in [0.25, 0.3) is 0 Å². The number of hydrogen-bond donors (Lipinski definition) is 2. The van der Waals surface area contributed by atoms with Crippen LogP contribution in [0.15, 0.2) is 11.6 Å². The number of fused-ring (bicyclic) bond motifs is 5. The fraction of sp³-hybridized carbons (Fsp3) is 0.895. The molecule has 8 atom stereocenters. The number of alkyl halides is 1. The second-order valence-corrected chi connectivity index (χ2v) is 8.84. The lowest BCUT2D eigenvalue weighted by atomic mass is 9.46. The van der Waals surface area contributed by atoms with Gasteiger partial charge in [-0.3, -0.25) is 0 Å². The van der Waals surface area contributed by atoms with Gasteiger partial charge >= 0.3 is 0 Å². The van der Waals surface area contributed by atoms with E-state index in [1.807, 2.05) is 0 Å². The minimum Gasteiger partial charge on any atom is -0.392 e. The average Bonchev–Trinajstić information content (AvgIpc) is 2.71. The minimum atomic E-state index is -1.11. The predicted octanol–water partition coefficient (Wildman–Crippen LogP) is 3.62. The van der Waals surface area contributed by atoms with Gasteiger partial charge in [-0.05, 0) is 73.5 Å². The Labute approximate surface area is 132 Å². The first-order chi connectivity index (χ1) is 10.4. The van der Waals surface area contributed by atoms with Gasteiger partial charge in [0, 0.05) is 0 Å². The maximum absolute atomic E-state index is 14.2. The molecular weight excluding hydrogens is 279 g/mol. The lowest BCUT2D eigenvalue weighted by Gasteiger charge is -2.59. The Balaban J connectivity index is 1.73. The molecule has 0 aromatic carbocycles. The van der Waals surface area contributed by atoms with Crippen molar-refractivity contribution in [1.82, 2.24) is 0 Å². The lowest BCUT2D eigenvalue weighted by Crippen LogP contribution is -2.55. The second-order valence-electron chi connectivity index (χ2n) is 8.84. The van der Waals surface area contributed by atoms with E-state index < -0.39 is 12.3 Å². The molecular formula is C19H29FO2. The largest absolute Gasteiger partial charge is 0.392 e. The van der Waals surface area contributed by atoms with Crippen LogP contribution >= 0.6 is 0 Å². The summed E-state index contributed by atoms with van der Waals surface area (Å²) in [6, 6.07) is 0. The molecule has 2 nitrogen and oxygen atoms in total. The van der Waals surface area contributed by atoms with Crippen LogP contribution in [0.3, 0.4) is 0 Å². The van der Waals surface area contributed by atoms with E-state index in [0.717, 1.165) is 25.7 Å². The smallest absolute Gasteiger partial charge is 0.127 e. The van der Waals surface area contributed by atoms with Crippen molar-refractivity contribution in [2.75, 3.05) is 0 Å². The standard InChI is InChI=1S/C19H29FO2/c1-18-7-4-3-5-11(18)9-15(21)16-12(18)6-8-19(2)13(16)10-14(20)17(19)22/h5,12-17,21-22H,3-4,6-10H2,1-2H3/t12-,13+,14?,15?,16-,17?,18+,19+/m1/s1. The van der Waals surface area contributed by atoms with Gasteiger partial charge in [0.2, 0.25) is 0 Å². The second kappa shape index (κ2) is 4.80.